The number of amides is 1. The van der Waals surface area contributed by atoms with Gasteiger partial charge in [0.1, 0.15) is 11.5 Å². The average Bonchev–Trinajstić information content (AvgIpc) is 3.61. The Labute approximate surface area is 226 Å². The fraction of sp³-hybridized carbons (Fsp3) is 0.0714. The highest BCUT2D eigenvalue weighted by molar-refractivity contribution is 7.13. The zero-order chi connectivity index (χ0) is 27.4. The average molecular weight is 539 g/mol. The molecule has 11 heteroatoms. The summed E-state index contributed by atoms with van der Waals surface area (Å²) >= 11 is 1.49. The normalized spacial score (nSPS) is 11.1. The van der Waals surface area contributed by atoms with Crippen molar-refractivity contribution < 1.29 is 9.72 Å². The number of non-ortho nitro benzene ring substituents is 1. The van der Waals surface area contributed by atoms with Crippen LogP contribution in [0.2, 0.25) is 0 Å². The molecule has 0 saturated heterocycles. The largest absolute Gasteiger partial charge is 0.307 e. The highest BCUT2D eigenvalue weighted by Gasteiger charge is 2.17. The second-order valence-corrected chi connectivity index (χ2v) is 9.54. The van der Waals surface area contributed by atoms with E-state index in [4.69, 9.17) is 0 Å². The molecule has 10 nitrogen and oxygen atoms in total. The molecule has 0 aliphatic rings. The highest BCUT2D eigenvalue weighted by Crippen LogP contribution is 2.27. The Bertz CT molecular complexity index is 1720. The van der Waals surface area contributed by atoms with E-state index in [-0.39, 0.29) is 17.2 Å². The van der Waals surface area contributed by atoms with Gasteiger partial charge < -0.3 is 5.32 Å². The quantitative estimate of drug-likeness (QED) is 0.159. The fourth-order valence-corrected chi connectivity index (χ4v) is 4.61. The number of aromatic amines is 1. The maximum absolute atomic E-state index is 13.1. The molecule has 0 saturated carbocycles. The molecule has 0 radical (unpaired) electrons. The van der Waals surface area contributed by atoms with Crippen LogP contribution in [0.3, 0.4) is 0 Å². The molecular weight excluding hydrogens is 516 g/mol. The molecule has 5 aromatic rings. The number of aromatic nitrogens is 4. The highest BCUT2D eigenvalue weighted by atomic mass is 32.1. The standard InChI is InChI=1S/C28H22N6O4S/c1-18-22(16-20-6-3-2-4-7-20)27(36)31-28(29-18)33-25(17-23(32-33)24-8-5-15-39-24)30-26(35)14-11-19-9-12-21(13-10-19)34(37)38/h2-15,17H,16H2,1H3,(H,30,35)(H,29,31,36)/b14-11-. The number of nitro benzene ring substituents is 1. The number of nitro groups is 1. The molecule has 3 heterocycles. The summed E-state index contributed by atoms with van der Waals surface area (Å²) in [6.45, 7) is 1.77. The van der Waals surface area contributed by atoms with E-state index in [0.29, 0.717) is 34.8 Å². The summed E-state index contributed by atoms with van der Waals surface area (Å²) in [6.07, 6.45) is 3.29. The molecule has 0 spiro atoms. The maximum Gasteiger partial charge on any atom is 0.269 e. The van der Waals surface area contributed by atoms with Crippen molar-refractivity contribution in [3.63, 3.8) is 0 Å². The molecule has 2 aromatic carbocycles. The van der Waals surface area contributed by atoms with Gasteiger partial charge in [0.2, 0.25) is 11.9 Å². The van der Waals surface area contributed by atoms with Crippen LogP contribution in [0.25, 0.3) is 22.6 Å². The summed E-state index contributed by atoms with van der Waals surface area (Å²) in [7, 11) is 0. The van der Waals surface area contributed by atoms with Gasteiger partial charge in [-0.15, -0.1) is 11.3 Å². The number of anilines is 1. The lowest BCUT2D eigenvalue weighted by Gasteiger charge is -2.10. The molecule has 2 N–H and O–H groups in total. The summed E-state index contributed by atoms with van der Waals surface area (Å²) in [4.78, 5) is 44.5. The van der Waals surface area contributed by atoms with Crippen LogP contribution in [0.1, 0.15) is 22.4 Å². The lowest BCUT2D eigenvalue weighted by Crippen LogP contribution is -2.22. The summed E-state index contributed by atoms with van der Waals surface area (Å²) in [5.41, 5.74) is 3.01. The van der Waals surface area contributed by atoms with Crippen LogP contribution in [-0.2, 0) is 11.2 Å². The van der Waals surface area contributed by atoms with Gasteiger partial charge in [-0.05, 0) is 47.7 Å². The summed E-state index contributed by atoms with van der Waals surface area (Å²) in [5.74, 6) is 0.0360. The lowest BCUT2D eigenvalue weighted by atomic mass is 10.1. The van der Waals surface area contributed by atoms with Gasteiger partial charge in [0.05, 0.1) is 15.5 Å². The van der Waals surface area contributed by atoms with Gasteiger partial charge in [-0.1, -0.05) is 36.4 Å². The lowest BCUT2D eigenvalue weighted by molar-refractivity contribution is -0.384. The maximum atomic E-state index is 13.1. The first-order valence-electron chi connectivity index (χ1n) is 11.9. The second kappa shape index (κ2) is 11.1. The molecule has 0 aliphatic carbocycles. The number of nitrogens with one attached hydrogen (secondary N) is 2. The van der Waals surface area contributed by atoms with Gasteiger partial charge in [0.15, 0.2) is 0 Å². The number of hydrogen-bond donors (Lipinski definition) is 2. The Kier molecular flexibility index (Phi) is 7.23. The van der Waals surface area contributed by atoms with Crippen molar-refractivity contribution in [2.45, 2.75) is 13.3 Å². The number of hydrogen-bond acceptors (Lipinski definition) is 7. The number of benzene rings is 2. The predicted octanol–water partition coefficient (Wildman–Crippen LogP) is 5.14. The molecule has 0 aliphatic heterocycles. The minimum atomic E-state index is -0.485. The van der Waals surface area contributed by atoms with Crippen molar-refractivity contribution in [2.24, 2.45) is 0 Å². The zero-order valence-corrected chi connectivity index (χ0v) is 21.5. The zero-order valence-electron chi connectivity index (χ0n) is 20.7. The van der Waals surface area contributed by atoms with E-state index in [2.05, 4.69) is 20.4 Å². The van der Waals surface area contributed by atoms with Gasteiger partial charge in [-0.3, -0.25) is 24.7 Å². The van der Waals surface area contributed by atoms with E-state index in [1.165, 1.54) is 34.2 Å². The van der Waals surface area contributed by atoms with Gasteiger partial charge in [0.25, 0.3) is 11.2 Å². The van der Waals surface area contributed by atoms with Gasteiger partial charge in [-0.25, -0.2) is 4.98 Å². The first-order chi connectivity index (χ1) is 18.9. The SMILES string of the molecule is Cc1nc(-n2nc(-c3cccs3)cc2NC(=O)/C=C\c2ccc([N+](=O)[O-])cc2)[nH]c(=O)c1Cc1ccccc1. The number of thiophene rings is 1. The molecule has 5 rings (SSSR count). The third-order valence-electron chi connectivity index (χ3n) is 5.90. The van der Waals surface area contributed by atoms with Gasteiger partial charge in [-0.2, -0.15) is 9.78 Å². The van der Waals surface area contributed by atoms with Crippen LogP contribution in [-0.4, -0.2) is 30.6 Å². The summed E-state index contributed by atoms with van der Waals surface area (Å²) in [6, 6.07) is 21.0. The topological polar surface area (TPSA) is 136 Å². The minimum Gasteiger partial charge on any atom is -0.307 e. The van der Waals surface area contributed by atoms with Crippen molar-refractivity contribution in [3.05, 3.63) is 127 Å². The van der Waals surface area contributed by atoms with Gasteiger partial charge >= 0.3 is 0 Å². The number of carbonyl (C=O) groups is 1. The van der Waals surface area contributed by atoms with Crippen LogP contribution in [0.5, 0.6) is 0 Å². The Balaban J connectivity index is 1.44. The van der Waals surface area contributed by atoms with Crippen molar-refractivity contribution in [1.82, 2.24) is 19.7 Å². The Morgan fingerprint density at radius 2 is 1.90 bits per heavy atom. The number of carbonyl (C=O) groups excluding carboxylic acids is 1. The molecule has 0 fully saturated rings. The first-order valence-corrected chi connectivity index (χ1v) is 12.8. The molecule has 0 atom stereocenters. The van der Waals surface area contributed by atoms with Crippen LogP contribution < -0.4 is 10.9 Å². The molecule has 1 amide bonds. The molecule has 0 bridgehead atoms. The monoisotopic (exact) mass is 538 g/mol. The number of nitrogens with zero attached hydrogens (tertiary/aromatic N) is 4. The van der Waals surface area contributed by atoms with Gasteiger partial charge in [0, 0.05) is 36.3 Å². The Morgan fingerprint density at radius 3 is 2.56 bits per heavy atom. The first kappa shape index (κ1) is 25.5. The smallest absolute Gasteiger partial charge is 0.269 e. The van der Waals surface area contributed by atoms with E-state index < -0.39 is 10.8 Å². The van der Waals surface area contributed by atoms with Crippen molar-refractivity contribution >= 4 is 34.8 Å². The van der Waals surface area contributed by atoms with Crippen molar-refractivity contribution in [2.75, 3.05) is 5.32 Å². The van der Waals surface area contributed by atoms with E-state index in [9.17, 15) is 19.7 Å². The molecule has 194 valence electrons. The van der Waals surface area contributed by atoms with E-state index in [1.54, 1.807) is 31.2 Å². The van der Waals surface area contributed by atoms with E-state index >= 15 is 0 Å². The second-order valence-electron chi connectivity index (χ2n) is 8.59. The number of aryl methyl sites for hydroxylation is 1. The van der Waals surface area contributed by atoms with Crippen LogP contribution in [0.15, 0.2) is 89.0 Å². The van der Waals surface area contributed by atoms with Crippen LogP contribution in [0.4, 0.5) is 11.5 Å². The Hall–Kier alpha value is -5.16. The van der Waals surface area contributed by atoms with E-state index in [0.717, 1.165) is 10.4 Å². The molecule has 39 heavy (non-hydrogen) atoms. The van der Waals surface area contributed by atoms with Crippen molar-refractivity contribution in [1.29, 1.82) is 0 Å². The molecule has 3 aromatic heterocycles. The number of rotatable bonds is 8. The Morgan fingerprint density at radius 1 is 1.13 bits per heavy atom. The third-order valence-corrected chi connectivity index (χ3v) is 6.79. The van der Waals surface area contributed by atoms with Crippen molar-refractivity contribution in [3.8, 4) is 16.5 Å². The minimum absolute atomic E-state index is 0.0341. The molecule has 0 unspecified atom stereocenters. The fourth-order valence-electron chi connectivity index (χ4n) is 3.93. The van der Waals surface area contributed by atoms with E-state index in [1.807, 2.05) is 47.8 Å². The van der Waals surface area contributed by atoms with Crippen LogP contribution in [0, 0.1) is 17.0 Å². The summed E-state index contributed by atoms with van der Waals surface area (Å²) < 4.78 is 1.40. The summed E-state index contributed by atoms with van der Waals surface area (Å²) in [5, 5.41) is 20.2. The number of H-pyrrole nitrogens is 1. The third kappa shape index (κ3) is 5.89. The molecular formula is C28H22N6O4S. The predicted molar refractivity (Wildman–Crippen MR) is 150 cm³/mol. The van der Waals surface area contributed by atoms with Crippen LogP contribution >= 0.6 is 11.3 Å².